The van der Waals surface area contributed by atoms with Crippen molar-refractivity contribution in [3.8, 4) is 5.75 Å². The van der Waals surface area contributed by atoms with E-state index in [0.29, 0.717) is 37.7 Å². The number of aromatic carboxylic acids is 1. The number of hydrogen-bond acceptors (Lipinski definition) is 5. The molecule has 1 fully saturated rings. The van der Waals surface area contributed by atoms with Gasteiger partial charge in [-0.3, -0.25) is 9.78 Å². The number of aromatic nitrogens is 1. The molecular formula is C23H21FN2O5. The first-order chi connectivity index (χ1) is 14.8. The Labute approximate surface area is 177 Å². The standard InChI is InChI=1S/C23H21FN2O5/c24-15-3-1-13(2-4-15)9-14-10-17-18(22(29)26-7-5-16(27)6-8-26)11-19(23(30)31)21(28)20(17)25-12-14/h1-4,10-12,16,27-28H,5-9H2,(H,30,31). The summed E-state index contributed by atoms with van der Waals surface area (Å²) in [5.74, 6) is -2.58. The Kier molecular flexibility index (Phi) is 5.56. The molecular weight excluding hydrogens is 403 g/mol. The number of hydrogen-bond donors (Lipinski definition) is 3. The Morgan fingerprint density at radius 1 is 1.06 bits per heavy atom. The Morgan fingerprint density at radius 2 is 1.74 bits per heavy atom. The van der Waals surface area contributed by atoms with Gasteiger partial charge in [-0.15, -0.1) is 0 Å². The van der Waals surface area contributed by atoms with Gasteiger partial charge in [0.25, 0.3) is 5.91 Å². The van der Waals surface area contributed by atoms with Gasteiger partial charge in [-0.2, -0.15) is 0 Å². The van der Waals surface area contributed by atoms with Gasteiger partial charge in [-0.05, 0) is 54.7 Å². The quantitative estimate of drug-likeness (QED) is 0.594. The van der Waals surface area contributed by atoms with Gasteiger partial charge in [-0.25, -0.2) is 9.18 Å². The summed E-state index contributed by atoms with van der Waals surface area (Å²) < 4.78 is 13.2. The van der Waals surface area contributed by atoms with E-state index in [4.69, 9.17) is 0 Å². The van der Waals surface area contributed by atoms with E-state index < -0.39 is 23.4 Å². The predicted octanol–water partition coefficient (Wildman–Crippen LogP) is 2.97. The average Bonchev–Trinajstić information content (AvgIpc) is 2.75. The van der Waals surface area contributed by atoms with Crippen LogP contribution in [0.3, 0.4) is 0 Å². The second-order valence-corrected chi connectivity index (χ2v) is 7.69. The molecule has 0 bridgehead atoms. The van der Waals surface area contributed by atoms with Crippen LogP contribution in [0.2, 0.25) is 0 Å². The maximum absolute atomic E-state index is 13.2. The molecule has 31 heavy (non-hydrogen) atoms. The summed E-state index contributed by atoms with van der Waals surface area (Å²) in [4.78, 5) is 30.6. The van der Waals surface area contributed by atoms with Crippen molar-refractivity contribution in [2.75, 3.05) is 13.1 Å². The highest BCUT2D eigenvalue weighted by Gasteiger charge is 2.27. The highest BCUT2D eigenvalue weighted by molar-refractivity contribution is 6.11. The van der Waals surface area contributed by atoms with E-state index >= 15 is 0 Å². The summed E-state index contributed by atoms with van der Waals surface area (Å²) in [6, 6.07) is 8.88. The zero-order valence-electron chi connectivity index (χ0n) is 16.6. The van der Waals surface area contributed by atoms with Crippen LogP contribution in [0.1, 0.15) is 44.7 Å². The second-order valence-electron chi connectivity index (χ2n) is 7.69. The normalized spacial score (nSPS) is 14.7. The molecule has 7 nitrogen and oxygen atoms in total. The molecule has 1 aliphatic heterocycles. The van der Waals surface area contributed by atoms with Crippen molar-refractivity contribution < 1.29 is 29.3 Å². The number of aromatic hydroxyl groups is 1. The van der Waals surface area contributed by atoms with E-state index in [1.54, 1.807) is 23.1 Å². The number of carbonyl (C=O) groups excluding carboxylic acids is 1. The maximum Gasteiger partial charge on any atom is 0.339 e. The van der Waals surface area contributed by atoms with Gasteiger partial charge in [0.1, 0.15) is 16.9 Å². The molecule has 0 unspecified atom stereocenters. The fourth-order valence-corrected chi connectivity index (χ4v) is 3.83. The lowest BCUT2D eigenvalue weighted by molar-refractivity contribution is 0.0548. The molecule has 0 saturated carbocycles. The maximum atomic E-state index is 13.2. The largest absolute Gasteiger partial charge is 0.505 e. The lowest BCUT2D eigenvalue weighted by atomic mass is 9.97. The number of benzene rings is 2. The molecule has 1 aromatic heterocycles. The number of fused-ring (bicyclic) bond motifs is 1. The van der Waals surface area contributed by atoms with Crippen molar-refractivity contribution in [2.45, 2.75) is 25.4 Å². The number of phenols is 1. The van der Waals surface area contributed by atoms with Crippen LogP contribution in [-0.4, -0.2) is 56.3 Å². The Bertz CT molecular complexity index is 1150. The van der Waals surface area contributed by atoms with Gasteiger partial charge in [0.15, 0.2) is 5.75 Å². The summed E-state index contributed by atoms with van der Waals surface area (Å²) in [6.45, 7) is 0.709. The number of likely N-dealkylation sites (tertiary alicyclic amines) is 1. The first-order valence-electron chi connectivity index (χ1n) is 9.93. The number of aliphatic hydroxyl groups is 1. The van der Waals surface area contributed by atoms with Gasteiger partial charge in [-0.1, -0.05) is 12.1 Å². The van der Waals surface area contributed by atoms with Crippen LogP contribution in [0.15, 0.2) is 42.6 Å². The Morgan fingerprint density at radius 3 is 2.39 bits per heavy atom. The SMILES string of the molecule is O=C(O)c1cc(C(=O)N2CCC(O)CC2)c2cc(Cc3ccc(F)cc3)cnc2c1O. The molecule has 1 saturated heterocycles. The fourth-order valence-electron chi connectivity index (χ4n) is 3.83. The van der Waals surface area contributed by atoms with Gasteiger partial charge >= 0.3 is 5.97 Å². The zero-order chi connectivity index (χ0) is 22.1. The molecule has 1 aliphatic rings. The van der Waals surface area contributed by atoms with Crippen molar-refractivity contribution >= 4 is 22.8 Å². The monoisotopic (exact) mass is 424 g/mol. The molecule has 160 valence electrons. The number of carbonyl (C=O) groups is 2. The summed E-state index contributed by atoms with van der Waals surface area (Å²) in [5.41, 5.74) is 1.33. The highest BCUT2D eigenvalue weighted by Crippen LogP contribution is 2.32. The molecule has 2 aromatic carbocycles. The van der Waals surface area contributed by atoms with Crippen molar-refractivity contribution in [3.63, 3.8) is 0 Å². The minimum atomic E-state index is -1.36. The van der Waals surface area contributed by atoms with E-state index in [2.05, 4.69) is 4.98 Å². The predicted molar refractivity (Wildman–Crippen MR) is 111 cm³/mol. The third kappa shape index (κ3) is 4.20. The number of rotatable bonds is 4. The number of pyridine rings is 1. The minimum absolute atomic E-state index is 0.0307. The van der Waals surface area contributed by atoms with Crippen LogP contribution >= 0.6 is 0 Å². The van der Waals surface area contributed by atoms with E-state index in [-0.39, 0.29) is 22.8 Å². The lowest BCUT2D eigenvalue weighted by Gasteiger charge is -2.30. The molecule has 0 aliphatic carbocycles. The summed E-state index contributed by atoms with van der Waals surface area (Å²) in [5, 5.41) is 30.0. The molecule has 0 radical (unpaired) electrons. The topological polar surface area (TPSA) is 111 Å². The third-order valence-electron chi connectivity index (χ3n) is 5.54. The van der Waals surface area contributed by atoms with Crippen LogP contribution in [0.25, 0.3) is 10.9 Å². The van der Waals surface area contributed by atoms with Crippen LogP contribution < -0.4 is 0 Å². The number of halogens is 1. The number of aliphatic hydroxyl groups excluding tert-OH is 1. The summed E-state index contributed by atoms with van der Waals surface area (Å²) >= 11 is 0. The average molecular weight is 424 g/mol. The molecule has 4 rings (SSSR count). The Balaban J connectivity index is 1.79. The molecule has 8 heteroatoms. The van der Waals surface area contributed by atoms with E-state index in [1.807, 2.05) is 0 Å². The number of nitrogens with zero attached hydrogens (tertiary/aromatic N) is 2. The Hall–Kier alpha value is -3.52. The van der Waals surface area contributed by atoms with Crippen molar-refractivity contribution in [3.05, 3.63) is 70.7 Å². The van der Waals surface area contributed by atoms with Gasteiger partial charge < -0.3 is 20.2 Å². The van der Waals surface area contributed by atoms with Crippen molar-refractivity contribution in [2.24, 2.45) is 0 Å². The fraction of sp³-hybridized carbons (Fsp3) is 0.261. The van der Waals surface area contributed by atoms with Crippen molar-refractivity contribution in [1.29, 1.82) is 0 Å². The second kappa shape index (κ2) is 8.31. The minimum Gasteiger partial charge on any atom is -0.505 e. The molecule has 0 atom stereocenters. The van der Waals surface area contributed by atoms with Crippen molar-refractivity contribution in [1.82, 2.24) is 9.88 Å². The lowest BCUT2D eigenvalue weighted by Crippen LogP contribution is -2.40. The van der Waals surface area contributed by atoms with Gasteiger partial charge in [0, 0.05) is 24.7 Å². The molecule has 0 spiro atoms. The molecule has 1 amide bonds. The van der Waals surface area contributed by atoms with Crippen LogP contribution in [0.5, 0.6) is 5.75 Å². The first kappa shape index (κ1) is 20.7. The summed E-state index contributed by atoms with van der Waals surface area (Å²) in [7, 11) is 0. The van der Waals surface area contributed by atoms with E-state index in [1.165, 1.54) is 24.4 Å². The van der Waals surface area contributed by atoms with Gasteiger partial charge in [0.05, 0.1) is 11.7 Å². The highest BCUT2D eigenvalue weighted by atomic mass is 19.1. The number of carboxylic acids is 1. The van der Waals surface area contributed by atoms with Gasteiger partial charge in [0.2, 0.25) is 0 Å². The smallest absolute Gasteiger partial charge is 0.339 e. The first-order valence-corrected chi connectivity index (χ1v) is 9.93. The van der Waals surface area contributed by atoms with Crippen LogP contribution in [0, 0.1) is 5.82 Å². The van der Waals surface area contributed by atoms with Crippen LogP contribution in [-0.2, 0) is 6.42 Å². The molecule has 2 heterocycles. The third-order valence-corrected chi connectivity index (χ3v) is 5.54. The summed E-state index contributed by atoms with van der Waals surface area (Å²) in [6.07, 6.45) is 2.36. The van der Waals surface area contributed by atoms with E-state index in [9.17, 15) is 29.3 Å². The molecule has 3 aromatic rings. The number of amides is 1. The molecule has 3 N–H and O–H groups in total. The van der Waals surface area contributed by atoms with Crippen LogP contribution in [0.4, 0.5) is 4.39 Å². The number of carboxylic acid groups (broad SMARTS) is 1. The number of piperidine rings is 1. The van der Waals surface area contributed by atoms with E-state index in [0.717, 1.165) is 11.1 Å². The zero-order valence-corrected chi connectivity index (χ0v) is 16.6.